The van der Waals surface area contributed by atoms with Gasteiger partial charge < -0.3 is 4.74 Å². The van der Waals surface area contributed by atoms with Crippen LogP contribution in [0.15, 0.2) is 89.4 Å². The zero-order valence-corrected chi connectivity index (χ0v) is 15.3. The summed E-state index contributed by atoms with van der Waals surface area (Å²) in [5.74, 6) is -0.0488. The van der Waals surface area contributed by atoms with Crippen LogP contribution in [0.1, 0.15) is 26.3 Å². The van der Waals surface area contributed by atoms with Gasteiger partial charge in [-0.3, -0.25) is 4.79 Å². The fraction of sp³-hybridized carbons (Fsp3) is 0. The molecular formula is C22H15BrO3. The molecule has 0 saturated carbocycles. The van der Waals surface area contributed by atoms with E-state index in [1.54, 1.807) is 60.7 Å². The van der Waals surface area contributed by atoms with Gasteiger partial charge in [0.2, 0.25) is 0 Å². The van der Waals surface area contributed by atoms with Gasteiger partial charge in [-0.15, -0.1) is 0 Å². The lowest BCUT2D eigenvalue weighted by Crippen LogP contribution is -2.09. The topological polar surface area (TPSA) is 43.4 Å². The maximum atomic E-state index is 12.2. The van der Waals surface area contributed by atoms with E-state index in [-0.39, 0.29) is 5.78 Å². The quantitative estimate of drug-likeness (QED) is 0.241. The van der Waals surface area contributed by atoms with Crippen molar-refractivity contribution < 1.29 is 14.3 Å². The van der Waals surface area contributed by atoms with Crippen molar-refractivity contribution in [2.45, 2.75) is 0 Å². The molecule has 0 heterocycles. The molecule has 128 valence electrons. The number of hydrogen-bond acceptors (Lipinski definition) is 3. The van der Waals surface area contributed by atoms with E-state index in [1.165, 1.54) is 6.08 Å². The Balaban J connectivity index is 1.65. The van der Waals surface area contributed by atoms with Gasteiger partial charge in [-0.05, 0) is 51.8 Å². The standard InChI is InChI=1S/C22H15BrO3/c23-20-9-5-4-8-19(20)22(25)26-18-13-10-16(11-14-18)12-15-21(24)17-6-2-1-3-7-17/h1-15H. The molecule has 3 rings (SSSR count). The molecule has 4 heteroatoms. The number of allylic oxidation sites excluding steroid dienone is 1. The van der Waals surface area contributed by atoms with Gasteiger partial charge in [-0.1, -0.05) is 60.7 Å². The highest BCUT2D eigenvalue weighted by Gasteiger charge is 2.11. The Morgan fingerprint density at radius 2 is 1.46 bits per heavy atom. The van der Waals surface area contributed by atoms with Gasteiger partial charge in [-0.2, -0.15) is 0 Å². The fourth-order valence-corrected chi connectivity index (χ4v) is 2.75. The summed E-state index contributed by atoms with van der Waals surface area (Å²) in [6.07, 6.45) is 3.26. The van der Waals surface area contributed by atoms with Crippen molar-refractivity contribution in [2.75, 3.05) is 0 Å². The van der Waals surface area contributed by atoms with Crippen molar-refractivity contribution >= 4 is 33.8 Å². The lowest BCUT2D eigenvalue weighted by Gasteiger charge is -2.06. The third-order valence-corrected chi connectivity index (χ3v) is 4.36. The van der Waals surface area contributed by atoms with Crippen LogP contribution in [0, 0.1) is 0 Å². The fourth-order valence-electron chi connectivity index (χ4n) is 2.31. The first-order valence-electron chi connectivity index (χ1n) is 7.98. The Bertz CT molecular complexity index is 945. The summed E-state index contributed by atoms with van der Waals surface area (Å²) in [7, 11) is 0. The van der Waals surface area contributed by atoms with Crippen molar-refractivity contribution in [1.82, 2.24) is 0 Å². The van der Waals surface area contributed by atoms with Gasteiger partial charge in [0.25, 0.3) is 0 Å². The molecule has 0 radical (unpaired) electrons. The van der Waals surface area contributed by atoms with E-state index in [0.717, 1.165) is 5.56 Å². The minimum Gasteiger partial charge on any atom is -0.423 e. The third-order valence-electron chi connectivity index (χ3n) is 3.67. The number of carbonyl (C=O) groups excluding carboxylic acids is 2. The normalized spacial score (nSPS) is 10.7. The predicted molar refractivity (Wildman–Crippen MR) is 105 cm³/mol. The van der Waals surface area contributed by atoms with E-state index in [2.05, 4.69) is 15.9 Å². The van der Waals surface area contributed by atoms with Crippen molar-refractivity contribution in [3.05, 3.63) is 106 Å². The second kappa shape index (κ2) is 8.41. The maximum absolute atomic E-state index is 12.2. The van der Waals surface area contributed by atoms with Gasteiger partial charge in [0.1, 0.15) is 5.75 Å². The molecule has 0 aliphatic carbocycles. The maximum Gasteiger partial charge on any atom is 0.344 e. The van der Waals surface area contributed by atoms with Crippen LogP contribution in [0.2, 0.25) is 0 Å². The predicted octanol–water partition coefficient (Wildman–Crippen LogP) is 5.56. The largest absolute Gasteiger partial charge is 0.423 e. The van der Waals surface area contributed by atoms with Crippen LogP contribution in [0.3, 0.4) is 0 Å². The van der Waals surface area contributed by atoms with E-state index in [0.29, 0.717) is 21.3 Å². The van der Waals surface area contributed by atoms with Crippen LogP contribution in [0.5, 0.6) is 5.75 Å². The summed E-state index contributed by atoms with van der Waals surface area (Å²) < 4.78 is 6.06. The Hall–Kier alpha value is -2.98. The summed E-state index contributed by atoms with van der Waals surface area (Å²) in [6, 6.07) is 23.1. The molecule has 3 nitrogen and oxygen atoms in total. The summed E-state index contributed by atoms with van der Waals surface area (Å²) in [5, 5.41) is 0. The minimum atomic E-state index is -0.431. The molecule has 0 fully saturated rings. The molecule has 0 amide bonds. The highest BCUT2D eigenvalue weighted by atomic mass is 79.9. The first kappa shape index (κ1) is 17.8. The summed E-state index contributed by atoms with van der Waals surface area (Å²) in [6.45, 7) is 0. The van der Waals surface area contributed by atoms with Crippen molar-refractivity contribution in [3.8, 4) is 5.75 Å². The van der Waals surface area contributed by atoms with Crippen LogP contribution < -0.4 is 4.74 Å². The summed E-state index contributed by atoms with van der Waals surface area (Å²) >= 11 is 3.33. The number of ketones is 1. The van der Waals surface area contributed by atoms with Gasteiger partial charge in [-0.25, -0.2) is 4.79 Å². The molecular weight excluding hydrogens is 392 g/mol. The zero-order valence-electron chi connectivity index (χ0n) is 13.8. The van der Waals surface area contributed by atoms with Gasteiger partial charge in [0.05, 0.1) is 5.56 Å². The van der Waals surface area contributed by atoms with Crippen LogP contribution in [0.25, 0.3) is 6.08 Å². The zero-order chi connectivity index (χ0) is 18.4. The van der Waals surface area contributed by atoms with Crippen LogP contribution >= 0.6 is 15.9 Å². The van der Waals surface area contributed by atoms with Gasteiger partial charge >= 0.3 is 5.97 Å². The molecule has 0 atom stereocenters. The molecule has 0 unspecified atom stereocenters. The lowest BCUT2D eigenvalue weighted by molar-refractivity contribution is 0.0733. The first-order chi connectivity index (χ1) is 12.6. The second-order valence-corrected chi connectivity index (χ2v) is 6.36. The van der Waals surface area contributed by atoms with Gasteiger partial charge in [0.15, 0.2) is 5.78 Å². The van der Waals surface area contributed by atoms with E-state index >= 15 is 0 Å². The summed E-state index contributed by atoms with van der Waals surface area (Å²) in [5.41, 5.74) is 1.95. The highest BCUT2D eigenvalue weighted by Crippen LogP contribution is 2.20. The van der Waals surface area contributed by atoms with E-state index in [4.69, 9.17) is 4.74 Å². The molecule has 0 saturated heterocycles. The molecule has 0 aliphatic heterocycles. The third kappa shape index (κ3) is 4.55. The lowest BCUT2D eigenvalue weighted by atomic mass is 10.1. The number of carbonyl (C=O) groups is 2. The van der Waals surface area contributed by atoms with Crippen molar-refractivity contribution in [3.63, 3.8) is 0 Å². The number of halogens is 1. The Morgan fingerprint density at radius 3 is 2.15 bits per heavy atom. The average Bonchev–Trinajstić information content (AvgIpc) is 2.68. The number of ether oxygens (including phenoxy) is 1. The molecule has 26 heavy (non-hydrogen) atoms. The molecule has 0 bridgehead atoms. The molecule has 0 N–H and O–H groups in total. The number of hydrogen-bond donors (Lipinski definition) is 0. The van der Waals surface area contributed by atoms with Crippen LogP contribution in [0.4, 0.5) is 0 Å². The van der Waals surface area contributed by atoms with E-state index in [9.17, 15) is 9.59 Å². The molecule has 3 aromatic rings. The van der Waals surface area contributed by atoms with E-state index < -0.39 is 5.97 Å². The summed E-state index contributed by atoms with van der Waals surface area (Å²) in [4.78, 5) is 24.2. The Kier molecular flexibility index (Phi) is 5.77. The molecule has 0 aliphatic rings. The van der Waals surface area contributed by atoms with Crippen LogP contribution in [-0.4, -0.2) is 11.8 Å². The molecule has 0 aromatic heterocycles. The highest BCUT2D eigenvalue weighted by molar-refractivity contribution is 9.10. The molecule has 0 spiro atoms. The second-order valence-electron chi connectivity index (χ2n) is 5.50. The number of benzene rings is 3. The first-order valence-corrected chi connectivity index (χ1v) is 8.77. The van der Waals surface area contributed by atoms with Crippen LogP contribution in [-0.2, 0) is 0 Å². The van der Waals surface area contributed by atoms with Crippen molar-refractivity contribution in [1.29, 1.82) is 0 Å². The Morgan fingerprint density at radius 1 is 0.808 bits per heavy atom. The number of esters is 1. The smallest absolute Gasteiger partial charge is 0.344 e. The van der Waals surface area contributed by atoms with E-state index in [1.807, 2.05) is 24.3 Å². The Labute approximate surface area is 160 Å². The minimum absolute atomic E-state index is 0.0602. The monoisotopic (exact) mass is 406 g/mol. The molecule has 3 aromatic carbocycles. The SMILES string of the molecule is O=C(C=Cc1ccc(OC(=O)c2ccccc2Br)cc1)c1ccccc1. The van der Waals surface area contributed by atoms with Crippen molar-refractivity contribution in [2.24, 2.45) is 0 Å². The average molecular weight is 407 g/mol. The number of rotatable bonds is 5. The van der Waals surface area contributed by atoms with Gasteiger partial charge in [0, 0.05) is 10.0 Å².